The molecule has 1 unspecified atom stereocenters. The smallest absolute Gasteiger partial charge is 0.290 e. The molecule has 1 aromatic heterocycles. The molecule has 0 bridgehead atoms. The molecular formula is C27H30N2O7. The molecule has 9 heteroatoms. The van der Waals surface area contributed by atoms with Crippen molar-refractivity contribution in [2.45, 2.75) is 12.5 Å². The molecule has 0 radical (unpaired) electrons. The lowest BCUT2D eigenvalue weighted by Gasteiger charge is -2.29. The van der Waals surface area contributed by atoms with Gasteiger partial charge in [0.2, 0.25) is 5.76 Å². The summed E-state index contributed by atoms with van der Waals surface area (Å²) in [5.74, 6) is 1.30. The molecule has 5 rings (SSSR count). The SMILES string of the molecule is COc1ccc2c(=O)c3c(oc2c1)C(=O)N(CCCN1CCOCC1)C3c1cccc(OC)c1OC. The third-order valence-corrected chi connectivity index (χ3v) is 6.88. The maximum Gasteiger partial charge on any atom is 0.290 e. The Labute approximate surface area is 209 Å². The number of amides is 1. The number of carbonyl (C=O) groups excluding carboxylic acids is 1. The van der Waals surface area contributed by atoms with Gasteiger partial charge in [-0.15, -0.1) is 0 Å². The molecule has 3 aromatic rings. The molecule has 1 fully saturated rings. The fourth-order valence-corrected chi connectivity index (χ4v) is 5.10. The number of para-hydroxylation sites is 1. The Kier molecular flexibility index (Phi) is 6.84. The van der Waals surface area contributed by atoms with Gasteiger partial charge in [0.25, 0.3) is 5.91 Å². The second kappa shape index (κ2) is 10.2. The molecular weight excluding hydrogens is 464 g/mol. The van der Waals surface area contributed by atoms with Crippen LogP contribution in [-0.2, 0) is 4.74 Å². The Balaban J connectivity index is 1.60. The summed E-state index contributed by atoms with van der Waals surface area (Å²) >= 11 is 0. The average molecular weight is 495 g/mol. The van der Waals surface area contributed by atoms with Crippen molar-refractivity contribution in [1.82, 2.24) is 9.80 Å². The first-order valence-electron chi connectivity index (χ1n) is 12.0. The van der Waals surface area contributed by atoms with Crippen molar-refractivity contribution < 1.29 is 28.2 Å². The minimum atomic E-state index is -0.662. The molecule has 0 aliphatic carbocycles. The first-order chi connectivity index (χ1) is 17.6. The molecule has 2 aromatic carbocycles. The molecule has 0 saturated carbocycles. The number of fused-ring (bicyclic) bond motifs is 2. The second-order valence-corrected chi connectivity index (χ2v) is 8.83. The third kappa shape index (κ3) is 4.18. The van der Waals surface area contributed by atoms with E-state index < -0.39 is 6.04 Å². The monoisotopic (exact) mass is 494 g/mol. The second-order valence-electron chi connectivity index (χ2n) is 8.83. The molecule has 9 nitrogen and oxygen atoms in total. The maximum absolute atomic E-state index is 13.8. The largest absolute Gasteiger partial charge is 0.497 e. The zero-order valence-electron chi connectivity index (χ0n) is 20.7. The number of benzene rings is 2. The minimum absolute atomic E-state index is 0.0574. The lowest BCUT2D eigenvalue weighted by molar-refractivity contribution is 0.0353. The van der Waals surface area contributed by atoms with Crippen molar-refractivity contribution >= 4 is 16.9 Å². The van der Waals surface area contributed by atoms with E-state index in [0.717, 1.165) is 26.1 Å². The van der Waals surface area contributed by atoms with Crippen LogP contribution in [0, 0.1) is 0 Å². The van der Waals surface area contributed by atoms with E-state index in [1.54, 1.807) is 50.5 Å². The van der Waals surface area contributed by atoms with Crippen molar-refractivity contribution in [3.63, 3.8) is 0 Å². The van der Waals surface area contributed by atoms with Crippen molar-refractivity contribution in [3.05, 3.63) is 63.5 Å². The van der Waals surface area contributed by atoms with Crippen LogP contribution >= 0.6 is 0 Å². The van der Waals surface area contributed by atoms with Gasteiger partial charge in [0.05, 0.1) is 51.5 Å². The summed E-state index contributed by atoms with van der Waals surface area (Å²) in [6, 6.07) is 9.84. The molecule has 2 aliphatic heterocycles. The first kappa shape index (κ1) is 24.1. The highest BCUT2D eigenvalue weighted by Gasteiger charge is 2.44. The van der Waals surface area contributed by atoms with E-state index in [-0.39, 0.29) is 17.1 Å². The van der Waals surface area contributed by atoms with Crippen LogP contribution in [0.15, 0.2) is 45.6 Å². The van der Waals surface area contributed by atoms with E-state index in [1.807, 2.05) is 12.1 Å². The number of morpholine rings is 1. The van der Waals surface area contributed by atoms with E-state index in [1.165, 1.54) is 0 Å². The van der Waals surface area contributed by atoms with Crippen LogP contribution in [0.1, 0.15) is 34.1 Å². The molecule has 0 N–H and O–H groups in total. The predicted octanol–water partition coefficient (Wildman–Crippen LogP) is 3.09. The van der Waals surface area contributed by atoms with Crippen LogP contribution in [-0.4, -0.2) is 76.4 Å². The Hall–Kier alpha value is -3.56. The zero-order chi connectivity index (χ0) is 25.2. The fraction of sp³-hybridized carbons (Fsp3) is 0.407. The molecule has 190 valence electrons. The molecule has 0 spiro atoms. The van der Waals surface area contributed by atoms with E-state index in [0.29, 0.717) is 59.1 Å². The normalized spacial score (nSPS) is 17.9. The highest BCUT2D eigenvalue weighted by Crippen LogP contribution is 2.44. The van der Waals surface area contributed by atoms with Crippen LogP contribution < -0.4 is 19.6 Å². The summed E-state index contributed by atoms with van der Waals surface area (Å²) in [6.45, 7) is 4.44. The number of hydrogen-bond acceptors (Lipinski definition) is 8. The highest BCUT2D eigenvalue weighted by molar-refractivity contribution is 5.99. The lowest BCUT2D eigenvalue weighted by atomic mass is 9.97. The van der Waals surface area contributed by atoms with Gasteiger partial charge in [0, 0.05) is 37.8 Å². The van der Waals surface area contributed by atoms with E-state index in [4.69, 9.17) is 23.4 Å². The van der Waals surface area contributed by atoms with Gasteiger partial charge in [-0.25, -0.2) is 0 Å². The van der Waals surface area contributed by atoms with Crippen molar-refractivity contribution in [3.8, 4) is 17.2 Å². The van der Waals surface area contributed by atoms with Gasteiger partial charge in [-0.05, 0) is 24.6 Å². The molecule has 1 saturated heterocycles. The van der Waals surface area contributed by atoms with Crippen molar-refractivity contribution in [2.24, 2.45) is 0 Å². The van der Waals surface area contributed by atoms with Gasteiger partial charge in [-0.3, -0.25) is 14.5 Å². The van der Waals surface area contributed by atoms with E-state index in [2.05, 4.69) is 4.90 Å². The number of methoxy groups -OCH3 is 3. The molecule has 3 heterocycles. The standard InChI is InChI=1S/C27H30N2O7/c1-32-17-8-9-18-21(16-17)36-26-22(24(18)30)23(19-6-4-7-20(33-2)25(19)34-3)29(27(26)31)11-5-10-28-12-14-35-15-13-28/h4,6-9,16,23H,5,10-15H2,1-3H3. The summed E-state index contributed by atoms with van der Waals surface area (Å²) in [7, 11) is 4.65. The minimum Gasteiger partial charge on any atom is -0.497 e. The highest BCUT2D eigenvalue weighted by atomic mass is 16.5. The van der Waals surface area contributed by atoms with Crippen molar-refractivity contribution in [1.29, 1.82) is 0 Å². The number of carbonyl (C=O) groups is 1. The Morgan fingerprint density at radius 2 is 1.78 bits per heavy atom. The van der Waals surface area contributed by atoms with Gasteiger partial charge >= 0.3 is 0 Å². The summed E-state index contributed by atoms with van der Waals surface area (Å²) in [4.78, 5) is 31.6. The molecule has 2 aliphatic rings. The first-order valence-corrected chi connectivity index (χ1v) is 12.0. The topological polar surface area (TPSA) is 90.7 Å². The Bertz CT molecular complexity index is 1330. The third-order valence-electron chi connectivity index (χ3n) is 6.88. The Morgan fingerprint density at radius 1 is 0.972 bits per heavy atom. The fourth-order valence-electron chi connectivity index (χ4n) is 5.10. The van der Waals surface area contributed by atoms with Gasteiger partial charge in [0.15, 0.2) is 16.9 Å². The quantitative estimate of drug-likeness (QED) is 0.472. The van der Waals surface area contributed by atoms with Crippen LogP contribution in [0.3, 0.4) is 0 Å². The summed E-state index contributed by atoms with van der Waals surface area (Å²) in [5, 5.41) is 0.393. The van der Waals surface area contributed by atoms with Crippen LogP contribution in [0.4, 0.5) is 0 Å². The average Bonchev–Trinajstić information content (AvgIpc) is 3.19. The number of rotatable bonds is 8. The maximum atomic E-state index is 13.8. The van der Waals surface area contributed by atoms with Gasteiger partial charge < -0.3 is 28.3 Å². The Morgan fingerprint density at radius 3 is 2.50 bits per heavy atom. The van der Waals surface area contributed by atoms with E-state index >= 15 is 0 Å². The van der Waals surface area contributed by atoms with Gasteiger partial charge in [-0.2, -0.15) is 0 Å². The molecule has 36 heavy (non-hydrogen) atoms. The molecule has 1 atom stereocenters. The predicted molar refractivity (Wildman–Crippen MR) is 133 cm³/mol. The van der Waals surface area contributed by atoms with Crippen LogP contribution in [0.5, 0.6) is 17.2 Å². The molecule has 1 amide bonds. The van der Waals surface area contributed by atoms with Gasteiger partial charge in [-0.1, -0.05) is 12.1 Å². The number of nitrogens with zero attached hydrogens (tertiary/aromatic N) is 2. The summed E-state index contributed by atoms with van der Waals surface area (Å²) in [6.07, 6.45) is 0.740. The van der Waals surface area contributed by atoms with Gasteiger partial charge in [0.1, 0.15) is 11.3 Å². The lowest BCUT2D eigenvalue weighted by Crippen LogP contribution is -2.39. The zero-order valence-corrected chi connectivity index (χ0v) is 20.7. The van der Waals surface area contributed by atoms with Crippen molar-refractivity contribution in [2.75, 3.05) is 60.7 Å². The van der Waals surface area contributed by atoms with Crippen LogP contribution in [0.25, 0.3) is 11.0 Å². The summed E-state index contributed by atoms with van der Waals surface area (Å²) < 4.78 is 28.0. The van der Waals surface area contributed by atoms with E-state index in [9.17, 15) is 9.59 Å². The number of ether oxygens (including phenoxy) is 4. The summed E-state index contributed by atoms with van der Waals surface area (Å²) in [5.41, 5.74) is 1.07. The van der Waals surface area contributed by atoms with Crippen LogP contribution in [0.2, 0.25) is 0 Å². The number of hydrogen-bond donors (Lipinski definition) is 0.